The first-order chi connectivity index (χ1) is 17.2. The van der Waals surface area contributed by atoms with E-state index in [1.807, 2.05) is 41.8 Å². The first-order valence-electron chi connectivity index (χ1n) is 10.8. The van der Waals surface area contributed by atoms with Gasteiger partial charge in [-0.2, -0.15) is 0 Å². The third kappa shape index (κ3) is 3.96. The van der Waals surface area contributed by atoms with Gasteiger partial charge >= 0.3 is 0 Å². The van der Waals surface area contributed by atoms with Crippen LogP contribution in [0.1, 0.15) is 10.4 Å². The Bertz CT molecular complexity index is 1640. The van der Waals surface area contributed by atoms with Crippen LogP contribution in [-0.4, -0.2) is 15.9 Å². The SMILES string of the molecule is Nc1ccc(-c2cccs2)cc1NC(=O)c1ccc2nc(-c3ccco3)c(-c3ccco3)nc2c1. The van der Waals surface area contributed by atoms with Crippen LogP contribution in [0.15, 0.2) is 99.5 Å². The molecular formula is C27H18N4O3S. The summed E-state index contributed by atoms with van der Waals surface area (Å²) in [7, 11) is 0. The summed E-state index contributed by atoms with van der Waals surface area (Å²) in [4.78, 5) is 23.7. The minimum Gasteiger partial charge on any atom is -0.463 e. The van der Waals surface area contributed by atoms with Gasteiger partial charge in [-0.05, 0) is 71.6 Å². The number of nitrogens with two attached hydrogens (primary N) is 1. The van der Waals surface area contributed by atoms with Crippen molar-refractivity contribution in [1.82, 2.24) is 9.97 Å². The monoisotopic (exact) mass is 478 g/mol. The Labute approximate surface area is 203 Å². The summed E-state index contributed by atoms with van der Waals surface area (Å²) in [6.07, 6.45) is 3.16. The van der Waals surface area contributed by atoms with Gasteiger partial charge in [0, 0.05) is 10.4 Å². The van der Waals surface area contributed by atoms with Crippen LogP contribution in [0.5, 0.6) is 0 Å². The third-order valence-corrected chi connectivity index (χ3v) is 6.46. The van der Waals surface area contributed by atoms with Gasteiger partial charge in [-0.15, -0.1) is 11.3 Å². The summed E-state index contributed by atoms with van der Waals surface area (Å²) in [5.41, 5.74) is 10.9. The summed E-state index contributed by atoms with van der Waals surface area (Å²) in [5.74, 6) is 0.839. The number of amides is 1. The molecule has 4 heterocycles. The van der Waals surface area contributed by atoms with Crippen molar-refractivity contribution in [3.8, 4) is 33.3 Å². The summed E-state index contributed by atoms with van der Waals surface area (Å²) >= 11 is 1.62. The highest BCUT2D eigenvalue weighted by molar-refractivity contribution is 7.13. The summed E-state index contributed by atoms with van der Waals surface area (Å²) < 4.78 is 11.1. The molecule has 7 nitrogen and oxygen atoms in total. The lowest BCUT2D eigenvalue weighted by atomic mass is 10.1. The molecule has 6 rings (SSSR count). The number of nitrogens with zero attached hydrogens (tertiary/aromatic N) is 2. The van der Waals surface area contributed by atoms with Crippen molar-refractivity contribution in [2.75, 3.05) is 11.1 Å². The number of furan rings is 2. The number of thiophene rings is 1. The van der Waals surface area contributed by atoms with E-state index < -0.39 is 0 Å². The van der Waals surface area contributed by atoms with E-state index in [-0.39, 0.29) is 5.91 Å². The molecule has 0 saturated heterocycles. The fraction of sp³-hybridized carbons (Fsp3) is 0. The van der Waals surface area contributed by atoms with Gasteiger partial charge in [0.05, 0.1) is 34.9 Å². The van der Waals surface area contributed by atoms with E-state index in [4.69, 9.17) is 24.5 Å². The fourth-order valence-electron chi connectivity index (χ4n) is 3.82. The molecule has 8 heteroatoms. The molecule has 6 aromatic rings. The van der Waals surface area contributed by atoms with Gasteiger partial charge in [0.25, 0.3) is 5.91 Å². The molecule has 0 aliphatic heterocycles. The summed E-state index contributed by atoms with van der Waals surface area (Å²) in [5, 5.41) is 4.94. The lowest BCUT2D eigenvalue weighted by Crippen LogP contribution is -2.13. The van der Waals surface area contributed by atoms with Crippen molar-refractivity contribution in [2.45, 2.75) is 0 Å². The maximum Gasteiger partial charge on any atom is 0.255 e. The number of nitrogen functional groups attached to an aromatic ring is 1. The van der Waals surface area contributed by atoms with Crippen molar-refractivity contribution in [3.05, 3.63) is 96.3 Å². The number of aromatic nitrogens is 2. The van der Waals surface area contributed by atoms with Crippen LogP contribution in [0.3, 0.4) is 0 Å². The molecule has 35 heavy (non-hydrogen) atoms. The van der Waals surface area contributed by atoms with Gasteiger partial charge in [-0.3, -0.25) is 4.79 Å². The summed E-state index contributed by atoms with van der Waals surface area (Å²) in [6, 6.07) is 22.0. The topological polar surface area (TPSA) is 107 Å². The van der Waals surface area contributed by atoms with Crippen molar-refractivity contribution >= 4 is 39.7 Å². The first-order valence-corrected chi connectivity index (χ1v) is 11.7. The maximum absolute atomic E-state index is 13.1. The molecule has 3 N–H and O–H groups in total. The second-order valence-corrected chi connectivity index (χ2v) is 8.76. The Morgan fingerprint density at radius 1 is 0.829 bits per heavy atom. The van der Waals surface area contributed by atoms with Gasteiger partial charge in [0.2, 0.25) is 0 Å². The van der Waals surface area contributed by atoms with Crippen LogP contribution >= 0.6 is 11.3 Å². The van der Waals surface area contributed by atoms with Crippen LogP contribution in [-0.2, 0) is 0 Å². The average Bonchev–Trinajstić information content (AvgIpc) is 3.67. The lowest BCUT2D eigenvalue weighted by molar-refractivity contribution is 0.102. The summed E-state index contributed by atoms with van der Waals surface area (Å²) in [6.45, 7) is 0. The van der Waals surface area contributed by atoms with E-state index in [1.54, 1.807) is 60.3 Å². The number of anilines is 2. The van der Waals surface area contributed by atoms with Gasteiger partial charge in [0.15, 0.2) is 11.5 Å². The smallest absolute Gasteiger partial charge is 0.255 e. The van der Waals surface area contributed by atoms with Gasteiger partial charge in [-0.1, -0.05) is 12.1 Å². The largest absolute Gasteiger partial charge is 0.463 e. The number of nitrogens with one attached hydrogen (secondary N) is 1. The van der Waals surface area contributed by atoms with Crippen LogP contribution < -0.4 is 11.1 Å². The number of carbonyl (C=O) groups excluding carboxylic acids is 1. The number of hydrogen-bond acceptors (Lipinski definition) is 7. The number of fused-ring (bicyclic) bond motifs is 1. The standard InChI is InChI=1S/C27H18N4O3S/c28-18-9-7-16(24-6-3-13-35-24)14-20(18)31-27(32)17-8-10-19-21(15-17)30-26(23-5-2-12-34-23)25(29-19)22-4-1-11-33-22/h1-15H,28H2,(H,31,32). The molecule has 1 amide bonds. The molecule has 0 spiro atoms. The quantitative estimate of drug-likeness (QED) is 0.267. The second kappa shape index (κ2) is 8.58. The van der Waals surface area contributed by atoms with Crippen molar-refractivity contribution < 1.29 is 13.6 Å². The van der Waals surface area contributed by atoms with Crippen LogP contribution in [0.4, 0.5) is 11.4 Å². The normalized spacial score (nSPS) is 11.1. The molecule has 0 bridgehead atoms. The number of hydrogen-bond donors (Lipinski definition) is 2. The molecule has 0 unspecified atom stereocenters. The lowest BCUT2D eigenvalue weighted by Gasteiger charge is -2.11. The second-order valence-electron chi connectivity index (χ2n) is 7.81. The molecule has 0 aliphatic carbocycles. The Morgan fingerprint density at radius 2 is 1.57 bits per heavy atom. The van der Waals surface area contributed by atoms with Crippen LogP contribution in [0.2, 0.25) is 0 Å². The Hall–Kier alpha value is -4.69. The highest BCUT2D eigenvalue weighted by Crippen LogP contribution is 2.33. The van der Waals surface area contributed by atoms with E-state index in [0.717, 1.165) is 10.4 Å². The highest BCUT2D eigenvalue weighted by Gasteiger charge is 2.18. The van der Waals surface area contributed by atoms with E-state index >= 15 is 0 Å². The van der Waals surface area contributed by atoms with Crippen LogP contribution in [0, 0.1) is 0 Å². The molecular weight excluding hydrogens is 460 g/mol. The number of carbonyl (C=O) groups is 1. The Balaban J connectivity index is 1.37. The fourth-order valence-corrected chi connectivity index (χ4v) is 4.54. The predicted octanol–water partition coefficient (Wildman–Crippen LogP) is 6.71. The third-order valence-electron chi connectivity index (χ3n) is 5.54. The zero-order valence-corrected chi connectivity index (χ0v) is 19.1. The molecule has 0 aliphatic rings. The van der Waals surface area contributed by atoms with Crippen molar-refractivity contribution in [3.63, 3.8) is 0 Å². The van der Waals surface area contributed by atoms with Crippen LogP contribution in [0.25, 0.3) is 44.4 Å². The van der Waals surface area contributed by atoms with Gasteiger partial charge < -0.3 is 19.9 Å². The zero-order valence-electron chi connectivity index (χ0n) is 18.3. The molecule has 4 aromatic heterocycles. The van der Waals surface area contributed by atoms with Crippen molar-refractivity contribution in [2.24, 2.45) is 0 Å². The average molecular weight is 479 g/mol. The maximum atomic E-state index is 13.1. The van der Waals surface area contributed by atoms with Gasteiger partial charge in [-0.25, -0.2) is 9.97 Å². The van der Waals surface area contributed by atoms with Crippen molar-refractivity contribution in [1.29, 1.82) is 0 Å². The Kier molecular flexibility index (Phi) is 5.12. The molecule has 170 valence electrons. The minimum absolute atomic E-state index is 0.293. The number of rotatable bonds is 5. The number of benzene rings is 2. The zero-order chi connectivity index (χ0) is 23.8. The molecule has 0 atom stereocenters. The Morgan fingerprint density at radius 3 is 2.23 bits per heavy atom. The van der Waals surface area contributed by atoms with E-state index in [1.165, 1.54) is 0 Å². The predicted molar refractivity (Wildman–Crippen MR) is 137 cm³/mol. The minimum atomic E-state index is -0.293. The van der Waals surface area contributed by atoms with E-state index in [2.05, 4.69) is 5.32 Å². The van der Waals surface area contributed by atoms with E-state index in [0.29, 0.717) is 50.9 Å². The molecule has 0 saturated carbocycles. The highest BCUT2D eigenvalue weighted by atomic mass is 32.1. The van der Waals surface area contributed by atoms with E-state index in [9.17, 15) is 4.79 Å². The first kappa shape index (κ1) is 20.9. The molecule has 0 fully saturated rings. The molecule has 2 aromatic carbocycles. The van der Waals surface area contributed by atoms with Gasteiger partial charge in [0.1, 0.15) is 11.4 Å². The molecule has 0 radical (unpaired) electrons.